The molecule has 0 unspecified atom stereocenters. The molecule has 0 atom stereocenters. The number of rotatable bonds is 4. The number of benzene rings is 2. The number of H-pyrrole nitrogens is 1. The maximum atomic E-state index is 14.7. The molecule has 1 amide bonds. The number of nitrogens with zero attached hydrogens (tertiary/aromatic N) is 1. The number of hydrogen-bond acceptors (Lipinski definition) is 2. The fraction of sp³-hybridized carbons (Fsp3) is 0.400. The van der Waals surface area contributed by atoms with Crippen molar-refractivity contribution in [3.8, 4) is 5.75 Å². The number of nitrogens with one attached hydrogen (secondary N) is 1. The highest BCUT2D eigenvalue weighted by Crippen LogP contribution is 2.48. The number of methoxy groups -OCH3 is 1. The van der Waals surface area contributed by atoms with Crippen LogP contribution in [0.3, 0.4) is 0 Å². The van der Waals surface area contributed by atoms with Crippen molar-refractivity contribution in [1.29, 1.82) is 0 Å². The largest absolute Gasteiger partial charge is 0.496 e. The van der Waals surface area contributed by atoms with E-state index in [1.807, 2.05) is 35.2 Å². The van der Waals surface area contributed by atoms with Crippen LogP contribution in [0.25, 0.3) is 10.9 Å². The van der Waals surface area contributed by atoms with Gasteiger partial charge in [0, 0.05) is 17.4 Å². The number of carbonyl (C=O) groups is 1. The van der Waals surface area contributed by atoms with E-state index in [1.54, 1.807) is 13.2 Å². The van der Waals surface area contributed by atoms with Gasteiger partial charge in [0.25, 0.3) is 5.91 Å². The standard InChI is InChI=1S/C25H29FN2O2/c1-15(2)25(16(3)4)19-8-6-9-20(26)17(19)12-13-28(25)24(29)22-14-18-21(27-22)10-7-11-23(18)30-5/h6-11,14-16,27H,12-13H2,1-5H3. The van der Waals surface area contributed by atoms with Crippen molar-refractivity contribution in [1.82, 2.24) is 9.88 Å². The van der Waals surface area contributed by atoms with E-state index in [0.29, 0.717) is 18.7 Å². The molecule has 1 aliphatic rings. The maximum absolute atomic E-state index is 14.7. The van der Waals surface area contributed by atoms with Gasteiger partial charge in [0.15, 0.2) is 0 Å². The van der Waals surface area contributed by atoms with Crippen LogP contribution < -0.4 is 4.74 Å². The highest BCUT2D eigenvalue weighted by molar-refractivity contribution is 6.00. The van der Waals surface area contributed by atoms with E-state index in [2.05, 4.69) is 32.7 Å². The topological polar surface area (TPSA) is 45.3 Å². The Morgan fingerprint density at radius 2 is 1.83 bits per heavy atom. The van der Waals surface area contributed by atoms with Gasteiger partial charge in [0.2, 0.25) is 0 Å². The Bertz CT molecular complexity index is 1090. The van der Waals surface area contributed by atoms with Gasteiger partial charge in [0.05, 0.1) is 12.6 Å². The summed E-state index contributed by atoms with van der Waals surface area (Å²) in [5, 5.41) is 0.881. The van der Waals surface area contributed by atoms with Gasteiger partial charge in [-0.15, -0.1) is 0 Å². The molecular formula is C25H29FN2O2. The summed E-state index contributed by atoms with van der Waals surface area (Å²) in [4.78, 5) is 19.1. The SMILES string of the molecule is COc1cccc2[nH]c(C(=O)N3CCc4c(F)cccc4C3(C(C)C)C(C)C)cc12. The van der Waals surface area contributed by atoms with E-state index in [4.69, 9.17) is 4.74 Å². The van der Waals surface area contributed by atoms with Gasteiger partial charge in [0.1, 0.15) is 17.3 Å². The van der Waals surface area contributed by atoms with E-state index in [1.165, 1.54) is 6.07 Å². The third kappa shape index (κ3) is 2.83. The molecule has 0 aliphatic carbocycles. The van der Waals surface area contributed by atoms with Gasteiger partial charge >= 0.3 is 0 Å². The first-order valence-electron chi connectivity index (χ1n) is 10.6. The number of carbonyl (C=O) groups excluding carboxylic acids is 1. The molecule has 1 aromatic heterocycles. The molecule has 5 heteroatoms. The fourth-order valence-corrected chi connectivity index (χ4v) is 5.49. The summed E-state index contributed by atoms with van der Waals surface area (Å²) in [5.41, 5.74) is 2.47. The number of halogens is 1. The lowest BCUT2D eigenvalue weighted by Crippen LogP contribution is -2.59. The molecule has 3 aromatic rings. The summed E-state index contributed by atoms with van der Waals surface area (Å²) in [7, 11) is 1.63. The zero-order chi connectivity index (χ0) is 21.6. The van der Waals surface area contributed by atoms with Crippen LogP contribution >= 0.6 is 0 Å². The van der Waals surface area contributed by atoms with Crippen molar-refractivity contribution in [2.24, 2.45) is 11.8 Å². The molecule has 0 saturated carbocycles. The molecule has 0 bridgehead atoms. The second-order valence-electron chi connectivity index (χ2n) is 8.71. The molecule has 30 heavy (non-hydrogen) atoms. The smallest absolute Gasteiger partial charge is 0.271 e. The highest BCUT2D eigenvalue weighted by Gasteiger charge is 2.50. The Hall–Kier alpha value is -2.82. The van der Waals surface area contributed by atoms with Crippen LogP contribution in [0, 0.1) is 17.7 Å². The van der Waals surface area contributed by atoms with Crippen molar-refractivity contribution in [2.45, 2.75) is 39.7 Å². The first-order valence-corrected chi connectivity index (χ1v) is 10.6. The Morgan fingerprint density at radius 1 is 1.13 bits per heavy atom. The molecular weight excluding hydrogens is 379 g/mol. The highest BCUT2D eigenvalue weighted by atomic mass is 19.1. The van der Waals surface area contributed by atoms with Crippen LogP contribution in [-0.4, -0.2) is 29.4 Å². The van der Waals surface area contributed by atoms with Crippen molar-refractivity contribution < 1.29 is 13.9 Å². The number of hydrogen-bond donors (Lipinski definition) is 1. The summed E-state index contributed by atoms with van der Waals surface area (Å²) < 4.78 is 20.1. The van der Waals surface area contributed by atoms with Crippen molar-refractivity contribution in [3.05, 3.63) is 65.1 Å². The number of aromatic nitrogens is 1. The third-order valence-corrected chi connectivity index (χ3v) is 6.66. The number of fused-ring (bicyclic) bond motifs is 2. The zero-order valence-corrected chi connectivity index (χ0v) is 18.3. The lowest BCUT2D eigenvalue weighted by Gasteiger charge is -2.53. The first-order chi connectivity index (χ1) is 14.3. The van der Waals surface area contributed by atoms with Crippen molar-refractivity contribution in [3.63, 3.8) is 0 Å². The molecule has 2 heterocycles. The summed E-state index contributed by atoms with van der Waals surface area (Å²) in [5.74, 6) is 0.710. The Labute approximate surface area is 177 Å². The predicted molar refractivity (Wildman–Crippen MR) is 117 cm³/mol. The van der Waals surface area contributed by atoms with E-state index in [-0.39, 0.29) is 23.6 Å². The second-order valence-corrected chi connectivity index (χ2v) is 8.71. The van der Waals surface area contributed by atoms with Crippen molar-refractivity contribution >= 4 is 16.8 Å². The molecule has 1 N–H and O–H groups in total. The molecule has 0 spiro atoms. The maximum Gasteiger partial charge on any atom is 0.271 e. The molecule has 0 fully saturated rings. The molecule has 4 nitrogen and oxygen atoms in total. The quantitative estimate of drug-likeness (QED) is 0.618. The van der Waals surface area contributed by atoms with Crippen LogP contribution in [0.2, 0.25) is 0 Å². The minimum atomic E-state index is -0.589. The lowest BCUT2D eigenvalue weighted by atomic mass is 9.66. The molecule has 0 saturated heterocycles. The Kier molecular flexibility index (Phi) is 5.08. The molecule has 0 radical (unpaired) electrons. The van der Waals surface area contributed by atoms with E-state index in [9.17, 15) is 9.18 Å². The summed E-state index contributed by atoms with van der Waals surface area (Å²) >= 11 is 0. The monoisotopic (exact) mass is 408 g/mol. The van der Waals surface area contributed by atoms with E-state index >= 15 is 0 Å². The van der Waals surface area contributed by atoms with Crippen LogP contribution in [0.5, 0.6) is 5.75 Å². The first kappa shape index (κ1) is 20.5. The van der Waals surface area contributed by atoms with Crippen molar-refractivity contribution in [2.75, 3.05) is 13.7 Å². The van der Waals surface area contributed by atoms with Crippen LogP contribution in [0.1, 0.15) is 49.3 Å². The lowest BCUT2D eigenvalue weighted by molar-refractivity contribution is -0.00312. The van der Waals surface area contributed by atoms with Gasteiger partial charge in [-0.3, -0.25) is 4.79 Å². The summed E-state index contributed by atoms with van der Waals surface area (Å²) in [6.07, 6.45) is 0.512. The minimum absolute atomic E-state index is 0.0643. The molecule has 4 rings (SSSR count). The summed E-state index contributed by atoms with van der Waals surface area (Å²) in [6.45, 7) is 8.96. The molecule has 158 valence electrons. The predicted octanol–water partition coefficient (Wildman–Crippen LogP) is 5.52. The number of amides is 1. The van der Waals surface area contributed by atoms with Gasteiger partial charge in [-0.1, -0.05) is 45.9 Å². The molecule has 2 aromatic carbocycles. The van der Waals surface area contributed by atoms with Gasteiger partial charge in [-0.25, -0.2) is 4.39 Å². The minimum Gasteiger partial charge on any atom is -0.496 e. The molecule has 1 aliphatic heterocycles. The zero-order valence-electron chi connectivity index (χ0n) is 18.3. The van der Waals surface area contributed by atoms with Gasteiger partial charge < -0.3 is 14.6 Å². The second kappa shape index (κ2) is 7.46. The summed E-state index contributed by atoms with van der Waals surface area (Å²) in [6, 6.07) is 12.9. The number of aromatic amines is 1. The van der Waals surface area contributed by atoms with Crippen LogP contribution in [0.15, 0.2) is 42.5 Å². The van der Waals surface area contributed by atoms with E-state index in [0.717, 1.165) is 27.8 Å². The number of ether oxygens (including phenoxy) is 1. The average molecular weight is 409 g/mol. The third-order valence-electron chi connectivity index (χ3n) is 6.66. The van der Waals surface area contributed by atoms with Crippen LogP contribution in [-0.2, 0) is 12.0 Å². The Balaban J connectivity index is 1.88. The van der Waals surface area contributed by atoms with Gasteiger partial charge in [-0.2, -0.15) is 0 Å². The van der Waals surface area contributed by atoms with Gasteiger partial charge in [-0.05, 0) is 53.6 Å². The fourth-order valence-electron chi connectivity index (χ4n) is 5.49. The Morgan fingerprint density at radius 3 is 2.50 bits per heavy atom. The average Bonchev–Trinajstić information content (AvgIpc) is 3.16. The van der Waals surface area contributed by atoms with Crippen LogP contribution in [0.4, 0.5) is 4.39 Å². The van der Waals surface area contributed by atoms with E-state index < -0.39 is 5.54 Å². The normalized spacial score (nSPS) is 15.7.